The second-order valence-electron chi connectivity index (χ2n) is 5.31. The fraction of sp³-hybridized carbons (Fsp3) is 1.00. The van der Waals surface area contributed by atoms with Crippen molar-refractivity contribution in [2.45, 2.75) is 53.9 Å². The van der Waals surface area contributed by atoms with Crippen LogP contribution in [0, 0.1) is 17.3 Å². The molecule has 0 saturated carbocycles. The topological polar surface area (TPSA) is 0 Å². The van der Waals surface area contributed by atoms with E-state index in [1.165, 1.54) is 19.3 Å². The van der Waals surface area contributed by atoms with E-state index in [2.05, 4.69) is 50.5 Å². The first-order valence-electron chi connectivity index (χ1n) is 5.46. The smallest absolute Gasteiger partial charge is 0.00315 e. The van der Waals surface area contributed by atoms with Gasteiger partial charge < -0.3 is 0 Å². The summed E-state index contributed by atoms with van der Waals surface area (Å²) < 4.78 is 0. The maximum absolute atomic E-state index is 3.50. The van der Waals surface area contributed by atoms with Crippen LogP contribution in [0.4, 0.5) is 0 Å². The third kappa shape index (κ3) is 5.72. The lowest BCUT2D eigenvalue weighted by Crippen LogP contribution is -2.23. The summed E-state index contributed by atoms with van der Waals surface area (Å²) in [6.45, 7) is 11.8. The van der Waals surface area contributed by atoms with Crippen LogP contribution < -0.4 is 0 Å². The molecule has 0 nitrogen and oxygen atoms in total. The van der Waals surface area contributed by atoms with Gasteiger partial charge in [0.05, 0.1) is 0 Å². The van der Waals surface area contributed by atoms with Crippen molar-refractivity contribution in [3.05, 3.63) is 0 Å². The van der Waals surface area contributed by atoms with E-state index in [1.807, 2.05) is 0 Å². The maximum Gasteiger partial charge on any atom is 0.00315 e. The van der Waals surface area contributed by atoms with Crippen LogP contribution in [0.5, 0.6) is 0 Å². The maximum atomic E-state index is 3.50. The van der Waals surface area contributed by atoms with E-state index < -0.39 is 0 Å². The minimum absolute atomic E-state index is 0.512. The quantitative estimate of drug-likeness (QED) is 0.589. The molecule has 0 aromatic heterocycles. The summed E-state index contributed by atoms with van der Waals surface area (Å²) in [5.41, 5.74) is 0.512. The van der Waals surface area contributed by atoms with Crippen LogP contribution in [-0.2, 0) is 0 Å². The van der Waals surface area contributed by atoms with Crippen LogP contribution >= 0.6 is 15.9 Å². The Kier molecular flexibility index (Phi) is 6.28. The SMILES string of the molecule is CC(C)CC(C)C(C)(C)CCCBr. The van der Waals surface area contributed by atoms with Gasteiger partial charge in [0.1, 0.15) is 0 Å². The minimum atomic E-state index is 0.512. The zero-order chi connectivity index (χ0) is 10.5. The predicted octanol–water partition coefficient (Wildman–Crippen LogP) is 4.87. The zero-order valence-electron chi connectivity index (χ0n) is 9.86. The molecule has 80 valence electrons. The van der Waals surface area contributed by atoms with Gasteiger partial charge >= 0.3 is 0 Å². The van der Waals surface area contributed by atoms with Crippen LogP contribution in [0.3, 0.4) is 0 Å². The molecule has 0 aromatic carbocycles. The van der Waals surface area contributed by atoms with Crippen molar-refractivity contribution in [2.24, 2.45) is 17.3 Å². The fourth-order valence-corrected chi connectivity index (χ4v) is 2.08. The predicted molar refractivity (Wildman–Crippen MR) is 65.4 cm³/mol. The Bertz CT molecular complexity index is 127. The number of hydrogen-bond acceptors (Lipinski definition) is 0. The Morgan fingerprint density at radius 2 is 1.69 bits per heavy atom. The van der Waals surface area contributed by atoms with Gasteiger partial charge in [0, 0.05) is 5.33 Å². The zero-order valence-corrected chi connectivity index (χ0v) is 11.4. The van der Waals surface area contributed by atoms with E-state index in [0.29, 0.717) is 5.41 Å². The Morgan fingerprint density at radius 1 is 1.15 bits per heavy atom. The molecule has 1 atom stereocenters. The van der Waals surface area contributed by atoms with Crippen molar-refractivity contribution in [1.29, 1.82) is 0 Å². The molecule has 0 heterocycles. The van der Waals surface area contributed by atoms with E-state index in [-0.39, 0.29) is 0 Å². The van der Waals surface area contributed by atoms with Gasteiger partial charge in [0.2, 0.25) is 0 Å². The molecular weight excluding hydrogens is 224 g/mol. The monoisotopic (exact) mass is 248 g/mol. The molecule has 1 heteroatoms. The number of alkyl halides is 1. The summed E-state index contributed by atoms with van der Waals surface area (Å²) in [5, 5.41) is 1.14. The van der Waals surface area contributed by atoms with Crippen LogP contribution in [0.1, 0.15) is 53.9 Å². The first-order chi connectivity index (χ1) is 5.90. The molecular formula is C12H25Br. The summed E-state index contributed by atoms with van der Waals surface area (Å²) in [5.74, 6) is 1.67. The average Bonchev–Trinajstić information content (AvgIpc) is 1.99. The van der Waals surface area contributed by atoms with Crippen LogP contribution in [0.15, 0.2) is 0 Å². The minimum Gasteiger partial charge on any atom is -0.0928 e. The van der Waals surface area contributed by atoms with Crippen LogP contribution in [-0.4, -0.2) is 5.33 Å². The van der Waals surface area contributed by atoms with Gasteiger partial charge in [-0.2, -0.15) is 0 Å². The molecule has 0 aliphatic heterocycles. The van der Waals surface area contributed by atoms with Gasteiger partial charge in [0.15, 0.2) is 0 Å². The molecule has 0 spiro atoms. The molecule has 13 heavy (non-hydrogen) atoms. The van der Waals surface area contributed by atoms with Gasteiger partial charge in [-0.1, -0.05) is 50.5 Å². The van der Waals surface area contributed by atoms with E-state index in [9.17, 15) is 0 Å². The van der Waals surface area contributed by atoms with E-state index in [1.54, 1.807) is 0 Å². The summed E-state index contributed by atoms with van der Waals surface area (Å²) >= 11 is 3.50. The second-order valence-corrected chi connectivity index (χ2v) is 6.10. The molecule has 0 aliphatic carbocycles. The summed E-state index contributed by atoms with van der Waals surface area (Å²) in [6.07, 6.45) is 4.00. The largest absolute Gasteiger partial charge is 0.0928 e. The lowest BCUT2D eigenvalue weighted by Gasteiger charge is -2.33. The standard InChI is InChI=1S/C12H25Br/c1-10(2)9-11(3)12(4,5)7-6-8-13/h10-11H,6-9H2,1-5H3. The molecule has 1 unspecified atom stereocenters. The fourth-order valence-electron chi connectivity index (χ4n) is 1.79. The van der Waals surface area contributed by atoms with Crippen molar-refractivity contribution < 1.29 is 0 Å². The van der Waals surface area contributed by atoms with Crippen LogP contribution in [0.25, 0.3) is 0 Å². The summed E-state index contributed by atoms with van der Waals surface area (Å²) in [4.78, 5) is 0. The highest BCUT2D eigenvalue weighted by Gasteiger charge is 2.25. The molecule has 0 saturated heterocycles. The molecule has 0 fully saturated rings. The van der Waals surface area contributed by atoms with Gasteiger partial charge in [-0.3, -0.25) is 0 Å². The number of rotatable bonds is 6. The Balaban J connectivity index is 3.94. The third-order valence-electron chi connectivity index (χ3n) is 3.11. The van der Waals surface area contributed by atoms with Gasteiger partial charge in [-0.05, 0) is 36.5 Å². The lowest BCUT2D eigenvalue weighted by molar-refractivity contribution is 0.182. The first kappa shape index (κ1) is 13.5. The summed E-state index contributed by atoms with van der Waals surface area (Å²) in [7, 11) is 0. The Morgan fingerprint density at radius 3 is 2.08 bits per heavy atom. The highest BCUT2D eigenvalue weighted by Crippen LogP contribution is 2.35. The van der Waals surface area contributed by atoms with E-state index in [0.717, 1.165) is 17.2 Å². The van der Waals surface area contributed by atoms with Gasteiger partial charge in [0.25, 0.3) is 0 Å². The Hall–Kier alpha value is 0.480. The molecule has 0 radical (unpaired) electrons. The highest BCUT2D eigenvalue weighted by atomic mass is 79.9. The van der Waals surface area contributed by atoms with Crippen molar-refractivity contribution in [1.82, 2.24) is 0 Å². The molecule has 0 amide bonds. The molecule has 0 aromatic rings. The number of hydrogen-bond donors (Lipinski definition) is 0. The summed E-state index contributed by atoms with van der Waals surface area (Å²) in [6, 6.07) is 0. The molecule has 0 aliphatic rings. The Labute approximate surface area is 92.6 Å². The van der Waals surface area contributed by atoms with Crippen molar-refractivity contribution >= 4 is 15.9 Å². The molecule has 0 N–H and O–H groups in total. The van der Waals surface area contributed by atoms with Crippen molar-refractivity contribution in [2.75, 3.05) is 5.33 Å². The van der Waals surface area contributed by atoms with Crippen molar-refractivity contribution in [3.8, 4) is 0 Å². The molecule has 0 rings (SSSR count). The average molecular weight is 249 g/mol. The highest BCUT2D eigenvalue weighted by molar-refractivity contribution is 9.09. The van der Waals surface area contributed by atoms with Gasteiger partial charge in [-0.25, -0.2) is 0 Å². The number of halogens is 1. The second kappa shape index (κ2) is 6.06. The third-order valence-corrected chi connectivity index (χ3v) is 3.67. The van der Waals surface area contributed by atoms with Gasteiger partial charge in [-0.15, -0.1) is 0 Å². The normalized spacial score (nSPS) is 15.0. The lowest BCUT2D eigenvalue weighted by atomic mass is 9.73. The van der Waals surface area contributed by atoms with E-state index in [4.69, 9.17) is 0 Å². The van der Waals surface area contributed by atoms with Crippen molar-refractivity contribution in [3.63, 3.8) is 0 Å². The molecule has 0 bridgehead atoms. The van der Waals surface area contributed by atoms with E-state index >= 15 is 0 Å². The first-order valence-corrected chi connectivity index (χ1v) is 6.58. The van der Waals surface area contributed by atoms with Crippen LogP contribution in [0.2, 0.25) is 0 Å².